The van der Waals surface area contributed by atoms with Crippen LogP contribution in [0.15, 0.2) is 70.9 Å². The van der Waals surface area contributed by atoms with E-state index in [4.69, 9.17) is 0 Å². The van der Waals surface area contributed by atoms with E-state index in [1.54, 1.807) is 0 Å². The van der Waals surface area contributed by atoms with Crippen molar-refractivity contribution < 1.29 is 0 Å². The molecule has 0 fully saturated rings. The highest BCUT2D eigenvalue weighted by molar-refractivity contribution is 5.39. The molecule has 0 aliphatic carbocycles. The average molecular weight is 255 g/mol. The Kier molecular flexibility index (Phi) is 7.90. The number of azo groups is 1. The van der Waals surface area contributed by atoms with Crippen molar-refractivity contribution in [2.24, 2.45) is 10.2 Å². The van der Waals surface area contributed by atoms with Gasteiger partial charge in [-0.15, -0.1) is 0 Å². The molecule has 3 heteroatoms. The van der Waals surface area contributed by atoms with E-state index in [2.05, 4.69) is 29.4 Å². The Balaban J connectivity index is 0.000000312. The van der Waals surface area contributed by atoms with E-state index in [9.17, 15) is 0 Å². The van der Waals surface area contributed by atoms with Crippen LogP contribution in [0.3, 0.4) is 0 Å². The maximum atomic E-state index is 4.10. The smallest absolute Gasteiger partial charge is 0.0857 e. The van der Waals surface area contributed by atoms with Crippen molar-refractivity contribution in [3.05, 3.63) is 60.7 Å². The van der Waals surface area contributed by atoms with Crippen LogP contribution < -0.4 is 5.32 Å². The molecule has 0 unspecified atom stereocenters. The number of nitrogens with one attached hydrogen (secondary N) is 1. The minimum Gasteiger partial charge on any atom is -0.317 e. The Labute approximate surface area is 115 Å². The van der Waals surface area contributed by atoms with Gasteiger partial charge in [-0.1, -0.05) is 50.2 Å². The van der Waals surface area contributed by atoms with Gasteiger partial charge in [-0.2, -0.15) is 10.2 Å². The molecule has 0 atom stereocenters. The third-order valence-electron chi connectivity index (χ3n) is 2.29. The maximum absolute atomic E-state index is 4.10. The van der Waals surface area contributed by atoms with Crippen LogP contribution >= 0.6 is 0 Å². The number of benzene rings is 2. The highest BCUT2D eigenvalue weighted by atomic mass is 15.1. The normalized spacial score (nSPS) is 10.0. The van der Waals surface area contributed by atoms with Crippen molar-refractivity contribution in [2.75, 3.05) is 13.1 Å². The van der Waals surface area contributed by atoms with Crippen molar-refractivity contribution in [3.8, 4) is 0 Å². The Morgan fingerprint density at radius 1 is 0.684 bits per heavy atom. The molecule has 0 aliphatic rings. The van der Waals surface area contributed by atoms with Crippen LogP contribution in [-0.4, -0.2) is 13.1 Å². The molecule has 0 aliphatic heterocycles. The van der Waals surface area contributed by atoms with Crippen LogP contribution in [-0.2, 0) is 0 Å². The minimum atomic E-state index is 0.872. The Hall–Kier alpha value is -2.00. The summed E-state index contributed by atoms with van der Waals surface area (Å²) in [5.74, 6) is 0. The second-order valence-electron chi connectivity index (χ2n) is 3.83. The lowest BCUT2D eigenvalue weighted by atomic mass is 10.3. The predicted molar refractivity (Wildman–Crippen MR) is 81.3 cm³/mol. The molecule has 2 aromatic rings. The van der Waals surface area contributed by atoms with Gasteiger partial charge in [0.1, 0.15) is 0 Å². The Bertz CT molecular complexity index is 408. The fraction of sp³-hybridized carbons (Fsp3) is 0.250. The summed E-state index contributed by atoms with van der Waals surface area (Å²) in [6, 6.07) is 19.4. The molecule has 0 saturated carbocycles. The monoisotopic (exact) mass is 255 g/mol. The lowest BCUT2D eigenvalue weighted by Crippen LogP contribution is -2.09. The van der Waals surface area contributed by atoms with Gasteiger partial charge < -0.3 is 5.32 Å². The first kappa shape index (κ1) is 15.1. The van der Waals surface area contributed by atoms with E-state index >= 15 is 0 Å². The number of nitrogens with zero attached hydrogens (tertiary/aromatic N) is 2. The Morgan fingerprint density at radius 3 is 1.32 bits per heavy atom. The first-order valence-electron chi connectivity index (χ1n) is 6.59. The topological polar surface area (TPSA) is 36.8 Å². The molecule has 0 heterocycles. The zero-order chi connectivity index (χ0) is 13.8. The van der Waals surface area contributed by atoms with Crippen LogP contribution in [0.5, 0.6) is 0 Å². The van der Waals surface area contributed by atoms with Crippen LogP contribution in [0.2, 0.25) is 0 Å². The van der Waals surface area contributed by atoms with Crippen molar-refractivity contribution in [1.29, 1.82) is 0 Å². The summed E-state index contributed by atoms with van der Waals surface area (Å²) >= 11 is 0. The highest BCUT2D eigenvalue weighted by Gasteiger charge is 1.86. The van der Waals surface area contributed by atoms with Crippen molar-refractivity contribution in [2.45, 2.75) is 13.8 Å². The molecular weight excluding hydrogens is 234 g/mol. The van der Waals surface area contributed by atoms with Gasteiger partial charge in [-0.05, 0) is 37.4 Å². The second kappa shape index (κ2) is 9.97. The summed E-state index contributed by atoms with van der Waals surface area (Å²) in [5.41, 5.74) is 1.74. The standard InChI is InChI=1S/C12H10N2.C4H11N/c1-3-7-11(8-4-1)13-14-12-9-5-2-6-10-12;1-3-5-4-2/h1-10H;5H,3-4H2,1-2H3. The van der Waals surface area contributed by atoms with Gasteiger partial charge in [0, 0.05) is 0 Å². The fourth-order valence-electron chi connectivity index (χ4n) is 1.35. The first-order valence-corrected chi connectivity index (χ1v) is 6.59. The minimum absolute atomic E-state index is 0.872. The van der Waals surface area contributed by atoms with Gasteiger partial charge in [0.2, 0.25) is 0 Å². The first-order chi connectivity index (χ1) is 9.36. The summed E-state index contributed by atoms with van der Waals surface area (Å²) in [5, 5.41) is 11.3. The summed E-state index contributed by atoms with van der Waals surface area (Å²) in [4.78, 5) is 0. The zero-order valence-corrected chi connectivity index (χ0v) is 11.6. The average Bonchev–Trinajstić information content (AvgIpc) is 2.49. The van der Waals surface area contributed by atoms with Gasteiger partial charge in [0.25, 0.3) is 0 Å². The largest absolute Gasteiger partial charge is 0.317 e. The molecule has 0 saturated heterocycles. The van der Waals surface area contributed by atoms with E-state index in [-0.39, 0.29) is 0 Å². The Morgan fingerprint density at radius 2 is 1.05 bits per heavy atom. The molecule has 2 aromatic carbocycles. The van der Waals surface area contributed by atoms with Crippen molar-refractivity contribution in [1.82, 2.24) is 5.32 Å². The summed E-state index contributed by atoms with van der Waals surface area (Å²) in [6.07, 6.45) is 0. The molecule has 0 aromatic heterocycles. The zero-order valence-electron chi connectivity index (χ0n) is 11.6. The lowest BCUT2D eigenvalue weighted by molar-refractivity contribution is 0.762. The van der Waals surface area contributed by atoms with Gasteiger partial charge in [0.05, 0.1) is 11.4 Å². The molecule has 100 valence electrons. The maximum Gasteiger partial charge on any atom is 0.0857 e. The summed E-state index contributed by atoms with van der Waals surface area (Å²) < 4.78 is 0. The fourth-order valence-corrected chi connectivity index (χ4v) is 1.35. The molecule has 0 spiro atoms. The molecule has 3 nitrogen and oxygen atoms in total. The third kappa shape index (κ3) is 7.11. The lowest BCUT2D eigenvalue weighted by Gasteiger charge is -1.91. The SMILES string of the molecule is CCNCC.c1ccc(N=Nc2ccccc2)cc1. The van der Waals surface area contributed by atoms with Gasteiger partial charge in [-0.3, -0.25) is 0 Å². The van der Waals surface area contributed by atoms with Gasteiger partial charge in [0.15, 0.2) is 0 Å². The van der Waals surface area contributed by atoms with Gasteiger partial charge in [-0.25, -0.2) is 0 Å². The number of hydrogen-bond acceptors (Lipinski definition) is 3. The third-order valence-corrected chi connectivity index (χ3v) is 2.29. The molecular formula is C16H21N3. The number of rotatable bonds is 4. The van der Waals surface area contributed by atoms with E-state index < -0.39 is 0 Å². The van der Waals surface area contributed by atoms with Crippen LogP contribution in [0.4, 0.5) is 11.4 Å². The number of hydrogen-bond donors (Lipinski definition) is 1. The van der Waals surface area contributed by atoms with Crippen LogP contribution in [0.1, 0.15) is 13.8 Å². The second-order valence-corrected chi connectivity index (χ2v) is 3.83. The van der Waals surface area contributed by atoms with Crippen molar-refractivity contribution >= 4 is 11.4 Å². The summed E-state index contributed by atoms with van der Waals surface area (Å²) in [6.45, 7) is 6.39. The molecule has 19 heavy (non-hydrogen) atoms. The van der Waals surface area contributed by atoms with Crippen LogP contribution in [0.25, 0.3) is 0 Å². The molecule has 0 amide bonds. The summed E-state index contributed by atoms with van der Waals surface area (Å²) in [7, 11) is 0. The van der Waals surface area contributed by atoms with E-state index in [0.29, 0.717) is 0 Å². The molecule has 0 radical (unpaired) electrons. The molecule has 2 rings (SSSR count). The van der Waals surface area contributed by atoms with Crippen LogP contribution in [0, 0.1) is 0 Å². The molecule has 0 bridgehead atoms. The highest BCUT2D eigenvalue weighted by Crippen LogP contribution is 2.16. The van der Waals surface area contributed by atoms with E-state index in [1.807, 2.05) is 60.7 Å². The predicted octanol–water partition coefficient (Wildman–Crippen LogP) is 4.72. The quantitative estimate of drug-likeness (QED) is 0.789. The van der Waals surface area contributed by atoms with Gasteiger partial charge >= 0.3 is 0 Å². The van der Waals surface area contributed by atoms with E-state index in [0.717, 1.165) is 24.5 Å². The van der Waals surface area contributed by atoms with Crippen molar-refractivity contribution in [3.63, 3.8) is 0 Å². The van der Waals surface area contributed by atoms with E-state index in [1.165, 1.54) is 0 Å². The molecule has 1 N–H and O–H groups in total.